The summed E-state index contributed by atoms with van der Waals surface area (Å²) in [6.45, 7) is 4.30. The molecule has 1 fully saturated rings. The predicted octanol–water partition coefficient (Wildman–Crippen LogP) is 3.26. The van der Waals surface area contributed by atoms with E-state index in [0.29, 0.717) is 5.41 Å². The minimum Gasteiger partial charge on any atom is -0.312 e. The maximum absolute atomic E-state index is 8.79. The van der Waals surface area contributed by atoms with Crippen molar-refractivity contribution in [1.82, 2.24) is 5.32 Å². The molecule has 0 unspecified atom stereocenters. The van der Waals surface area contributed by atoms with Crippen molar-refractivity contribution in [3.8, 4) is 6.07 Å². The standard InChI is InChI=1S/C14H18N2.ClH/c1-14(6-3-7-14)11-16-10-13-5-2-4-12(8-13)9-15;/h2,4-5,8,16H,3,6-7,10-11H2,1H3;1H. The van der Waals surface area contributed by atoms with Gasteiger partial charge in [0.25, 0.3) is 0 Å². The van der Waals surface area contributed by atoms with Gasteiger partial charge in [-0.25, -0.2) is 0 Å². The van der Waals surface area contributed by atoms with Crippen LogP contribution >= 0.6 is 12.4 Å². The zero-order valence-electron chi connectivity index (χ0n) is 10.2. The minimum absolute atomic E-state index is 0. The predicted molar refractivity (Wildman–Crippen MR) is 72.1 cm³/mol. The van der Waals surface area contributed by atoms with Gasteiger partial charge < -0.3 is 5.32 Å². The third-order valence-electron chi connectivity index (χ3n) is 3.50. The van der Waals surface area contributed by atoms with E-state index in [1.54, 1.807) is 0 Å². The van der Waals surface area contributed by atoms with Gasteiger partial charge >= 0.3 is 0 Å². The molecule has 0 atom stereocenters. The molecule has 1 saturated carbocycles. The van der Waals surface area contributed by atoms with Gasteiger partial charge in [-0.15, -0.1) is 12.4 Å². The summed E-state index contributed by atoms with van der Waals surface area (Å²) in [5, 5.41) is 12.3. The van der Waals surface area contributed by atoms with Gasteiger partial charge in [0.15, 0.2) is 0 Å². The lowest BCUT2D eigenvalue weighted by atomic mass is 9.70. The maximum Gasteiger partial charge on any atom is 0.0991 e. The fourth-order valence-electron chi connectivity index (χ4n) is 2.22. The number of nitrogens with zero attached hydrogens (tertiary/aromatic N) is 1. The Labute approximate surface area is 109 Å². The van der Waals surface area contributed by atoms with Crippen LogP contribution in [0, 0.1) is 16.7 Å². The van der Waals surface area contributed by atoms with Gasteiger partial charge in [-0.3, -0.25) is 0 Å². The van der Waals surface area contributed by atoms with Gasteiger partial charge in [0.05, 0.1) is 11.6 Å². The molecule has 0 aromatic heterocycles. The molecule has 0 saturated heterocycles. The minimum atomic E-state index is 0. The molecular weight excluding hydrogens is 232 g/mol. The zero-order valence-corrected chi connectivity index (χ0v) is 11.0. The van der Waals surface area contributed by atoms with Crippen LogP contribution in [-0.2, 0) is 6.54 Å². The fraction of sp³-hybridized carbons (Fsp3) is 0.500. The number of hydrogen-bond acceptors (Lipinski definition) is 2. The molecule has 0 spiro atoms. The molecule has 0 amide bonds. The highest BCUT2D eigenvalue weighted by atomic mass is 35.5. The number of nitriles is 1. The molecule has 2 rings (SSSR count). The Hall–Kier alpha value is -1.04. The Morgan fingerprint density at radius 3 is 2.76 bits per heavy atom. The second kappa shape index (κ2) is 6.05. The lowest BCUT2D eigenvalue weighted by Crippen LogP contribution is -2.36. The van der Waals surface area contributed by atoms with E-state index in [-0.39, 0.29) is 12.4 Å². The number of hydrogen-bond donors (Lipinski definition) is 1. The molecule has 2 nitrogen and oxygen atoms in total. The van der Waals surface area contributed by atoms with Crippen molar-refractivity contribution in [2.24, 2.45) is 5.41 Å². The van der Waals surface area contributed by atoms with Crippen molar-refractivity contribution in [3.63, 3.8) is 0 Å². The molecule has 92 valence electrons. The summed E-state index contributed by atoms with van der Waals surface area (Å²) in [5.74, 6) is 0. The summed E-state index contributed by atoms with van der Waals surface area (Å²) in [4.78, 5) is 0. The summed E-state index contributed by atoms with van der Waals surface area (Å²) in [7, 11) is 0. The van der Waals surface area contributed by atoms with Crippen LogP contribution in [0.15, 0.2) is 24.3 Å². The van der Waals surface area contributed by atoms with Crippen LogP contribution in [0.5, 0.6) is 0 Å². The Kier molecular flexibility index (Phi) is 4.99. The smallest absolute Gasteiger partial charge is 0.0991 e. The molecule has 1 N–H and O–H groups in total. The molecule has 1 aliphatic rings. The molecule has 1 aromatic rings. The Balaban J connectivity index is 0.00000144. The van der Waals surface area contributed by atoms with Crippen LogP contribution in [0.1, 0.15) is 37.3 Å². The average Bonchev–Trinajstić information content (AvgIpc) is 2.27. The molecule has 3 heteroatoms. The van der Waals surface area contributed by atoms with E-state index >= 15 is 0 Å². The molecule has 0 heterocycles. The van der Waals surface area contributed by atoms with E-state index in [1.807, 2.05) is 18.2 Å². The van der Waals surface area contributed by atoms with Crippen molar-refractivity contribution in [2.75, 3.05) is 6.54 Å². The van der Waals surface area contributed by atoms with Crippen LogP contribution < -0.4 is 5.32 Å². The summed E-state index contributed by atoms with van der Waals surface area (Å²) in [5.41, 5.74) is 2.46. The number of halogens is 1. The first-order valence-electron chi connectivity index (χ1n) is 5.92. The number of rotatable bonds is 4. The Bertz CT molecular complexity index is 405. The maximum atomic E-state index is 8.79. The van der Waals surface area contributed by atoms with Gasteiger partial charge in [-0.05, 0) is 36.0 Å². The van der Waals surface area contributed by atoms with Crippen molar-refractivity contribution in [3.05, 3.63) is 35.4 Å². The van der Waals surface area contributed by atoms with Gasteiger partial charge in [0, 0.05) is 13.1 Å². The van der Waals surface area contributed by atoms with E-state index in [2.05, 4.69) is 24.4 Å². The quantitative estimate of drug-likeness (QED) is 0.890. The highest BCUT2D eigenvalue weighted by molar-refractivity contribution is 5.85. The van der Waals surface area contributed by atoms with E-state index in [1.165, 1.54) is 24.8 Å². The molecule has 0 radical (unpaired) electrons. The molecule has 17 heavy (non-hydrogen) atoms. The van der Waals surface area contributed by atoms with Gasteiger partial charge in [-0.1, -0.05) is 25.5 Å². The fourth-order valence-corrected chi connectivity index (χ4v) is 2.22. The lowest BCUT2D eigenvalue weighted by Gasteiger charge is -2.38. The van der Waals surface area contributed by atoms with Crippen LogP contribution in [0.25, 0.3) is 0 Å². The molecule has 1 aromatic carbocycles. The summed E-state index contributed by atoms with van der Waals surface area (Å²) >= 11 is 0. The Morgan fingerprint density at radius 2 is 2.18 bits per heavy atom. The third-order valence-corrected chi connectivity index (χ3v) is 3.50. The van der Waals surface area contributed by atoms with E-state index in [0.717, 1.165) is 18.7 Å². The first kappa shape index (κ1) is 14.0. The van der Waals surface area contributed by atoms with Crippen LogP contribution in [0.2, 0.25) is 0 Å². The monoisotopic (exact) mass is 250 g/mol. The third kappa shape index (κ3) is 3.73. The lowest BCUT2D eigenvalue weighted by molar-refractivity contribution is 0.156. The second-order valence-corrected chi connectivity index (χ2v) is 5.08. The molecule has 0 bridgehead atoms. The van der Waals surface area contributed by atoms with E-state index in [4.69, 9.17) is 5.26 Å². The highest BCUT2D eigenvalue weighted by Crippen LogP contribution is 2.39. The van der Waals surface area contributed by atoms with E-state index in [9.17, 15) is 0 Å². The summed E-state index contributed by atoms with van der Waals surface area (Å²) in [6, 6.07) is 9.98. The second-order valence-electron chi connectivity index (χ2n) is 5.08. The summed E-state index contributed by atoms with van der Waals surface area (Å²) < 4.78 is 0. The molecule has 0 aliphatic heterocycles. The van der Waals surface area contributed by atoms with Crippen LogP contribution in [0.4, 0.5) is 0 Å². The molecular formula is C14H19ClN2. The van der Waals surface area contributed by atoms with Crippen LogP contribution in [-0.4, -0.2) is 6.54 Å². The largest absolute Gasteiger partial charge is 0.312 e. The number of benzene rings is 1. The van der Waals surface area contributed by atoms with Gasteiger partial charge in [0.2, 0.25) is 0 Å². The molecule has 1 aliphatic carbocycles. The van der Waals surface area contributed by atoms with Crippen molar-refractivity contribution < 1.29 is 0 Å². The van der Waals surface area contributed by atoms with Crippen molar-refractivity contribution in [2.45, 2.75) is 32.7 Å². The Morgan fingerprint density at radius 1 is 1.41 bits per heavy atom. The number of nitrogens with one attached hydrogen (secondary N) is 1. The van der Waals surface area contributed by atoms with Gasteiger partial charge in [0.1, 0.15) is 0 Å². The topological polar surface area (TPSA) is 35.8 Å². The average molecular weight is 251 g/mol. The first-order valence-corrected chi connectivity index (χ1v) is 5.92. The SMILES string of the molecule is CC1(CNCc2cccc(C#N)c2)CCC1.Cl. The summed E-state index contributed by atoms with van der Waals surface area (Å²) in [6.07, 6.45) is 4.07. The van der Waals surface area contributed by atoms with E-state index < -0.39 is 0 Å². The van der Waals surface area contributed by atoms with Gasteiger partial charge in [-0.2, -0.15) is 5.26 Å². The highest BCUT2D eigenvalue weighted by Gasteiger charge is 2.30. The first-order chi connectivity index (χ1) is 7.72. The van der Waals surface area contributed by atoms with Crippen LogP contribution in [0.3, 0.4) is 0 Å². The van der Waals surface area contributed by atoms with Crippen molar-refractivity contribution in [1.29, 1.82) is 5.26 Å². The normalized spacial score (nSPS) is 16.5. The van der Waals surface area contributed by atoms with Crippen molar-refractivity contribution >= 4 is 12.4 Å². The zero-order chi connectivity index (χ0) is 11.4.